The maximum atomic E-state index is 12.6. The van der Waals surface area contributed by atoms with Crippen LogP contribution in [0.3, 0.4) is 0 Å². The maximum absolute atomic E-state index is 12.6. The Hall–Kier alpha value is -3.04. The predicted octanol–water partition coefficient (Wildman–Crippen LogP) is 4.49. The van der Waals surface area contributed by atoms with E-state index in [0.717, 1.165) is 24.9 Å². The first-order valence-corrected chi connectivity index (χ1v) is 10.3. The van der Waals surface area contributed by atoms with Gasteiger partial charge < -0.3 is 5.32 Å². The highest BCUT2D eigenvalue weighted by molar-refractivity contribution is 8.00. The lowest BCUT2D eigenvalue weighted by Gasteiger charge is -2.24. The number of nitriles is 1. The summed E-state index contributed by atoms with van der Waals surface area (Å²) in [7, 11) is 0. The van der Waals surface area contributed by atoms with E-state index in [1.54, 1.807) is 16.4 Å². The quantitative estimate of drug-likeness (QED) is 0.699. The van der Waals surface area contributed by atoms with Crippen LogP contribution in [0.2, 0.25) is 0 Å². The first kappa shape index (κ1) is 18.3. The second-order valence-corrected chi connectivity index (χ2v) is 7.90. The minimum atomic E-state index is -0.123. The summed E-state index contributed by atoms with van der Waals surface area (Å²) < 4.78 is 1.59. The Morgan fingerprint density at radius 1 is 1.21 bits per heavy atom. The van der Waals surface area contributed by atoms with E-state index in [4.69, 9.17) is 0 Å². The van der Waals surface area contributed by atoms with Gasteiger partial charge in [0, 0.05) is 5.25 Å². The van der Waals surface area contributed by atoms with E-state index in [1.807, 2.05) is 30.3 Å². The summed E-state index contributed by atoms with van der Waals surface area (Å²) in [6.45, 7) is 0. The molecule has 0 aliphatic heterocycles. The summed E-state index contributed by atoms with van der Waals surface area (Å²) >= 11 is 1.66. The number of anilines is 1. The molecule has 6 heteroatoms. The van der Waals surface area contributed by atoms with Crippen molar-refractivity contribution in [1.29, 1.82) is 5.26 Å². The molecule has 5 nitrogen and oxygen atoms in total. The van der Waals surface area contributed by atoms with Crippen molar-refractivity contribution in [2.24, 2.45) is 0 Å². The third kappa shape index (κ3) is 3.80. The Balaban J connectivity index is 1.47. The van der Waals surface area contributed by atoms with Crippen LogP contribution in [0, 0.1) is 11.3 Å². The topological polar surface area (TPSA) is 70.7 Å². The Morgan fingerprint density at radius 3 is 2.82 bits per heavy atom. The Kier molecular flexibility index (Phi) is 5.45. The molecule has 0 spiro atoms. The number of hydrogen-bond donors (Lipinski definition) is 1. The Morgan fingerprint density at radius 2 is 2.00 bits per heavy atom. The number of fused-ring (bicyclic) bond motifs is 1. The number of nitrogens with zero attached hydrogens (tertiary/aromatic N) is 3. The highest BCUT2D eigenvalue weighted by Gasteiger charge is 2.22. The second-order valence-electron chi connectivity index (χ2n) is 6.70. The number of nitrogens with one attached hydrogen (secondary N) is 1. The second kappa shape index (κ2) is 8.32. The predicted molar refractivity (Wildman–Crippen MR) is 111 cm³/mol. The van der Waals surface area contributed by atoms with Crippen LogP contribution in [0.4, 0.5) is 5.82 Å². The first-order valence-electron chi connectivity index (χ1n) is 9.29. The zero-order valence-corrected chi connectivity index (χ0v) is 16.2. The Labute approximate surface area is 168 Å². The van der Waals surface area contributed by atoms with Gasteiger partial charge in [-0.05, 0) is 42.5 Å². The van der Waals surface area contributed by atoms with Crippen LogP contribution in [0.1, 0.15) is 34.8 Å². The van der Waals surface area contributed by atoms with Gasteiger partial charge in [-0.1, -0.05) is 42.5 Å². The molecule has 3 aromatic rings. The minimum absolute atomic E-state index is 0.123. The van der Waals surface area contributed by atoms with Crippen LogP contribution in [-0.4, -0.2) is 21.4 Å². The average molecular weight is 388 g/mol. The summed E-state index contributed by atoms with van der Waals surface area (Å²) in [6, 6.07) is 20.1. The monoisotopic (exact) mass is 388 g/mol. The molecule has 0 fully saturated rings. The summed E-state index contributed by atoms with van der Waals surface area (Å²) in [5, 5.41) is 16.9. The molecule has 0 bridgehead atoms. The van der Waals surface area contributed by atoms with Gasteiger partial charge >= 0.3 is 0 Å². The molecule has 1 aliphatic rings. The number of thioether (sulfide) groups is 1. The molecule has 1 N–H and O–H groups in total. The molecule has 4 rings (SSSR count). The van der Waals surface area contributed by atoms with Gasteiger partial charge in [0.05, 0.1) is 17.6 Å². The van der Waals surface area contributed by atoms with Crippen LogP contribution in [-0.2, 0) is 11.2 Å². The van der Waals surface area contributed by atoms with Gasteiger partial charge in [-0.15, -0.1) is 11.8 Å². The fourth-order valence-corrected chi connectivity index (χ4v) is 4.71. The molecule has 1 aromatic heterocycles. The van der Waals surface area contributed by atoms with Crippen LogP contribution in [0.15, 0.2) is 60.8 Å². The maximum Gasteiger partial charge on any atom is 0.235 e. The van der Waals surface area contributed by atoms with E-state index in [1.165, 1.54) is 17.3 Å². The fraction of sp³-hybridized carbons (Fsp3) is 0.227. The number of amides is 1. The molecule has 1 heterocycles. The van der Waals surface area contributed by atoms with Crippen molar-refractivity contribution in [3.8, 4) is 11.8 Å². The van der Waals surface area contributed by atoms with Crippen molar-refractivity contribution >= 4 is 23.5 Å². The van der Waals surface area contributed by atoms with E-state index < -0.39 is 0 Å². The smallest absolute Gasteiger partial charge is 0.235 e. The summed E-state index contributed by atoms with van der Waals surface area (Å²) in [5.74, 6) is 0.634. The standard InChI is InChI=1S/C22H20N4OS/c23-13-17-14-24-26(18-9-2-1-3-10-18)22(17)25-21(27)15-28-20-12-6-8-16-7-4-5-11-19(16)20/h1-5,7,9-11,14,20H,6,8,12,15H2,(H,25,27). The highest BCUT2D eigenvalue weighted by Crippen LogP contribution is 2.39. The zero-order chi connectivity index (χ0) is 19.3. The summed E-state index contributed by atoms with van der Waals surface area (Å²) in [4.78, 5) is 12.6. The number of hydrogen-bond acceptors (Lipinski definition) is 4. The van der Waals surface area contributed by atoms with Crippen molar-refractivity contribution in [2.75, 3.05) is 11.1 Å². The van der Waals surface area contributed by atoms with E-state index >= 15 is 0 Å². The van der Waals surface area contributed by atoms with Crippen molar-refractivity contribution in [1.82, 2.24) is 9.78 Å². The molecular formula is C22H20N4OS. The molecular weight excluding hydrogens is 368 g/mol. The van der Waals surface area contributed by atoms with E-state index in [2.05, 4.69) is 40.8 Å². The highest BCUT2D eigenvalue weighted by atomic mass is 32.2. The molecule has 1 unspecified atom stereocenters. The van der Waals surface area contributed by atoms with Gasteiger partial charge in [-0.3, -0.25) is 4.79 Å². The molecule has 2 aromatic carbocycles. The zero-order valence-electron chi connectivity index (χ0n) is 15.3. The van der Waals surface area contributed by atoms with E-state index in [0.29, 0.717) is 22.4 Å². The summed E-state index contributed by atoms with van der Waals surface area (Å²) in [6.07, 6.45) is 4.82. The van der Waals surface area contributed by atoms with Crippen LogP contribution >= 0.6 is 11.8 Å². The largest absolute Gasteiger partial charge is 0.309 e. The molecule has 0 saturated carbocycles. The number of rotatable bonds is 5. The first-order chi connectivity index (χ1) is 13.8. The number of aromatic nitrogens is 2. The van der Waals surface area contributed by atoms with E-state index in [9.17, 15) is 10.1 Å². The third-order valence-electron chi connectivity index (χ3n) is 4.88. The molecule has 28 heavy (non-hydrogen) atoms. The third-order valence-corrected chi connectivity index (χ3v) is 6.20. The van der Waals surface area contributed by atoms with Crippen LogP contribution < -0.4 is 5.32 Å². The molecule has 140 valence electrons. The fourth-order valence-electron chi connectivity index (χ4n) is 3.54. The molecule has 1 atom stereocenters. The van der Waals surface area contributed by atoms with Crippen molar-refractivity contribution in [3.05, 3.63) is 77.5 Å². The average Bonchev–Trinajstić information content (AvgIpc) is 3.15. The van der Waals surface area contributed by atoms with E-state index in [-0.39, 0.29) is 5.91 Å². The molecule has 1 amide bonds. The lowest BCUT2D eigenvalue weighted by atomic mass is 9.91. The number of para-hydroxylation sites is 1. The Bertz CT molecular complexity index is 1020. The SMILES string of the molecule is N#Cc1cnn(-c2ccccc2)c1NC(=O)CSC1CCCc2ccccc21. The van der Waals surface area contributed by atoms with Crippen molar-refractivity contribution in [2.45, 2.75) is 24.5 Å². The van der Waals surface area contributed by atoms with Crippen molar-refractivity contribution in [3.63, 3.8) is 0 Å². The van der Waals surface area contributed by atoms with Crippen LogP contribution in [0.25, 0.3) is 5.69 Å². The molecule has 1 aliphatic carbocycles. The number of aryl methyl sites for hydroxylation is 1. The lowest BCUT2D eigenvalue weighted by molar-refractivity contribution is -0.113. The summed E-state index contributed by atoms with van der Waals surface area (Å²) in [5.41, 5.74) is 3.89. The number of carbonyl (C=O) groups is 1. The van der Waals surface area contributed by atoms with Crippen molar-refractivity contribution < 1.29 is 4.79 Å². The molecule has 0 radical (unpaired) electrons. The van der Waals surface area contributed by atoms with Crippen LogP contribution in [0.5, 0.6) is 0 Å². The van der Waals surface area contributed by atoms with Gasteiger partial charge in [-0.2, -0.15) is 10.4 Å². The van der Waals surface area contributed by atoms with Gasteiger partial charge in [0.25, 0.3) is 0 Å². The van der Waals surface area contributed by atoms with Gasteiger partial charge in [0.2, 0.25) is 5.91 Å². The van der Waals surface area contributed by atoms with Gasteiger partial charge in [-0.25, -0.2) is 4.68 Å². The lowest BCUT2D eigenvalue weighted by Crippen LogP contribution is -2.19. The number of benzene rings is 2. The minimum Gasteiger partial charge on any atom is -0.309 e. The number of carbonyl (C=O) groups excluding carboxylic acids is 1. The molecule has 0 saturated heterocycles. The normalized spacial score (nSPS) is 15.5. The van der Waals surface area contributed by atoms with Gasteiger partial charge in [0.15, 0.2) is 5.82 Å². The van der Waals surface area contributed by atoms with Gasteiger partial charge in [0.1, 0.15) is 11.6 Å².